The summed E-state index contributed by atoms with van der Waals surface area (Å²) in [5, 5.41) is 9.33. The number of benzene rings is 1. The second kappa shape index (κ2) is 8.13. The molecule has 2 aromatic rings. The van der Waals surface area contributed by atoms with Crippen molar-refractivity contribution < 1.29 is 9.53 Å². The molecule has 26 heavy (non-hydrogen) atoms. The van der Waals surface area contributed by atoms with Gasteiger partial charge in [0.25, 0.3) is 0 Å². The lowest BCUT2D eigenvalue weighted by molar-refractivity contribution is -0.119. The molecule has 1 unspecified atom stereocenters. The van der Waals surface area contributed by atoms with Gasteiger partial charge in [0, 0.05) is 37.9 Å². The molecular weight excluding hydrogens is 332 g/mol. The number of carbonyl (C=O) groups excluding carboxylic acids is 1. The Bertz CT molecular complexity index is 814. The number of hydrogen-bond donors (Lipinski definition) is 4. The molecule has 138 valence electrons. The molecule has 1 amide bonds. The Hall–Kier alpha value is -2.68. The molecular formula is C18H24N6O2. The van der Waals surface area contributed by atoms with E-state index in [2.05, 4.69) is 15.6 Å². The lowest BCUT2D eigenvalue weighted by Gasteiger charge is -2.22. The molecule has 0 spiro atoms. The second-order valence-electron chi connectivity index (χ2n) is 6.33. The van der Waals surface area contributed by atoms with Crippen molar-refractivity contribution in [2.75, 3.05) is 32.1 Å². The first kappa shape index (κ1) is 18.1. The van der Waals surface area contributed by atoms with E-state index in [0.717, 1.165) is 22.9 Å². The van der Waals surface area contributed by atoms with Crippen LogP contribution in [0.4, 0.5) is 5.82 Å². The van der Waals surface area contributed by atoms with Gasteiger partial charge in [0.2, 0.25) is 5.91 Å². The number of nitrogens with zero attached hydrogens (tertiary/aromatic N) is 2. The fourth-order valence-electron chi connectivity index (χ4n) is 2.83. The Labute approximate surface area is 152 Å². The van der Waals surface area contributed by atoms with E-state index >= 15 is 0 Å². The van der Waals surface area contributed by atoms with Crippen LogP contribution in [0.1, 0.15) is 12.0 Å². The summed E-state index contributed by atoms with van der Waals surface area (Å²) in [6.45, 7) is 2.13. The average molecular weight is 356 g/mol. The fraction of sp³-hybridized carbons (Fsp3) is 0.333. The number of nitrogens with one attached hydrogen (secondary N) is 2. The Morgan fingerprint density at radius 1 is 1.46 bits per heavy atom. The number of ether oxygens (including phenoxy) is 1. The van der Waals surface area contributed by atoms with Crippen molar-refractivity contribution in [1.82, 2.24) is 15.3 Å². The van der Waals surface area contributed by atoms with E-state index in [9.17, 15) is 4.79 Å². The lowest BCUT2D eigenvalue weighted by atomic mass is 10.1. The number of hydrogen-bond acceptors (Lipinski definition) is 7. The maximum absolute atomic E-state index is 12.2. The third-order valence-corrected chi connectivity index (χ3v) is 4.08. The van der Waals surface area contributed by atoms with Crippen LogP contribution in [0.5, 0.6) is 0 Å². The molecule has 1 aromatic heterocycles. The Morgan fingerprint density at radius 2 is 2.31 bits per heavy atom. The minimum atomic E-state index is -0.120. The summed E-state index contributed by atoms with van der Waals surface area (Å²) < 4.78 is 5.55. The summed E-state index contributed by atoms with van der Waals surface area (Å²) in [5.41, 5.74) is 7.45. The standard InChI is InChI=1S/C18H24N6O2/c1-24(20)11-16(19)12-2-3-13-9-22-17(7-14(13)6-12)23-18(25)8-15-10-21-4-5-26-15/h2-3,6-7,9,11,15,21H,4-5,8,10,19-20H2,1H3,(H,22,23,25)/b16-11-. The summed E-state index contributed by atoms with van der Waals surface area (Å²) in [4.78, 5) is 16.5. The van der Waals surface area contributed by atoms with E-state index in [1.165, 1.54) is 5.01 Å². The van der Waals surface area contributed by atoms with Gasteiger partial charge in [-0.3, -0.25) is 4.79 Å². The predicted octanol–water partition coefficient (Wildman–Crippen LogP) is 0.614. The number of nitrogens with two attached hydrogens (primary N) is 2. The van der Waals surface area contributed by atoms with Crippen LogP contribution < -0.4 is 22.2 Å². The first-order chi connectivity index (χ1) is 12.5. The summed E-state index contributed by atoms with van der Waals surface area (Å²) in [6, 6.07) is 7.61. The molecule has 0 radical (unpaired) electrons. The molecule has 0 aliphatic carbocycles. The zero-order chi connectivity index (χ0) is 18.5. The van der Waals surface area contributed by atoms with Crippen molar-refractivity contribution in [2.24, 2.45) is 11.6 Å². The van der Waals surface area contributed by atoms with Gasteiger partial charge in [0.15, 0.2) is 0 Å². The van der Waals surface area contributed by atoms with Crippen LogP contribution >= 0.6 is 0 Å². The third-order valence-electron chi connectivity index (χ3n) is 4.08. The molecule has 1 aromatic carbocycles. The number of carbonyl (C=O) groups is 1. The molecule has 0 bridgehead atoms. The van der Waals surface area contributed by atoms with Crippen LogP contribution in [0.3, 0.4) is 0 Å². The van der Waals surface area contributed by atoms with Crippen LogP contribution in [0.25, 0.3) is 16.5 Å². The van der Waals surface area contributed by atoms with Gasteiger partial charge in [-0.05, 0) is 23.1 Å². The Morgan fingerprint density at radius 3 is 3.04 bits per heavy atom. The van der Waals surface area contributed by atoms with Crippen LogP contribution in [-0.4, -0.2) is 48.7 Å². The Kier molecular flexibility index (Phi) is 5.67. The maximum Gasteiger partial charge on any atom is 0.228 e. The van der Waals surface area contributed by atoms with E-state index in [4.69, 9.17) is 16.3 Å². The quantitative estimate of drug-likeness (QED) is 0.458. The number of morpholine rings is 1. The zero-order valence-electron chi connectivity index (χ0n) is 14.7. The first-order valence-electron chi connectivity index (χ1n) is 8.48. The fourth-order valence-corrected chi connectivity index (χ4v) is 2.83. The van der Waals surface area contributed by atoms with Crippen molar-refractivity contribution in [1.29, 1.82) is 0 Å². The molecule has 8 heteroatoms. The largest absolute Gasteiger partial charge is 0.397 e. The highest BCUT2D eigenvalue weighted by Gasteiger charge is 2.17. The minimum Gasteiger partial charge on any atom is -0.397 e. The molecule has 1 saturated heterocycles. The molecule has 3 rings (SSSR count). The van der Waals surface area contributed by atoms with Crippen LogP contribution in [0, 0.1) is 0 Å². The zero-order valence-corrected chi connectivity index (χ0v) is 14.7. The number of anilines is 1. The van der Waals surface area contributed by atoms with Gasteiger partial charge in [-0.2, -0.15) is 0 Å². The van der Waals surface area contributed by atoms with Gasteiger partial charge < -0.3 is 26.1 Å². The number of aromatic nitrogens is 1. The van der Waals surface area contributed by atoms with E-state index in [-0.39, 0.29) is 12.0 Å². The topological polar surface area (TPSA) is 119 Å². The highest BCUT2D eigenvalue weighted by atomic mass is 16.5. The van der Waals surface area contributed by atoms with Crippen molar-refractivity contribution in [3.63, 3.8) is 0 Å². The SMILES string of the molecule is CN(N)/C=C(\N)c1ccc2cnc(NC(=O)CC3CNCCO3)cc2c1. The van der Waals surface area contributed by atoms with Crippen LogP contribution in [0.2, 0.25) is 0 Å². The molecule has 2 heterocycles. The smallest absolute Gasteiger partial charge is 0.228 e. The van der Waals surface area contributed by atoms with Gasteiger partial charge in [-0.25, -0.2) is 10.8 Å². The first-order valence-corrected chi connectivity index (χ1v) is 8.48. The number of hydrazine groups is 1. The van der Waals surface area contributed by atoms with Crippen molar-refractivity contribution in [3.05, 3.63) is 42.2 Å². The maximum atomic E-state index is 12.2. The molecule has 1 aliphatic rings. The molecule has 6 N–H and O–H groups in total. The third kappa shape index (κ3) is 4.69. The summed E-state index contributed by atoms with van der Waals surface area (Å²) in [7, 11) is 1.71. The minimum absolute atomic E-state index is 0.103. The van der Waals surface area contributed by atoms with Gasteiger partial charge in [0.05, 0.1) is 24.8 Å². The van der Waals surface area contributed by atoms with Crippen LogP contribution in [0.15, 0.2) is 36.7 Å². The molecule has 8 nitrogen and oxygen atoms in total. The predicted molar refractivity (Wildman–Crippen MR) is 102 cm³/mol. The number of amides is 1. The monoisotopic (exact) mass is 356 g/mol. The van der Waals surface area contributed by atoms with Crippen molar-refractivity contribution in [2.45, 2.75) is 12.5 Å². The molecule has 0 saturated carbocycles. The normalized spacial score (nSPS) is 17.9. The van der Waals surface area contributed by atoms with Gasteiger partial charge >= 0.3 is 0 Å². The Balaban J connectivity index is 1.73. The molecule has 1 atom stereocenters. The van der Waals surface area contributed by atoms with E-state index in [1.54, 1.807) is 19.4 Å². The summed E-state index contributed by atoms with van der Waals surface area (Å²) in [5.74, 6) is 5.99. The van der Waals surface area contributed by atoms with Crippen LogP contribution in [-0.2, 0) is 9.53 Å². The van der Waals surface area contributed by atoms with E-state index in [1.807, 2.05) is 24.3 Å². The van der Waals surface area contributed by atoms with Gasteiger partial charge in [-0.1, -0.05) is 12.1 Å². The highest BCUT2D eigenvalue weighted by Crippen LogP contribution is 2.21. The number of fused-ring (bicyclic) bond motifs is 1. The molecule has 1 fully saturated rings. The van der Waals surface area contributed by atoms with Gasteiger partial charge in [0.1, 0.15) is 5.82 Å². The van der Waals surface area contributed by atoms with E-state index in [0.29, 0.717) is 31.1 Å². The van der Waals surface area contributed by atoms with E-state index < -0.39 is 0 Å². The second-order valence-corrected chi connectivity index (χ2v) is 6.33. The van der Waals surface area contributed by atoms with Crippen molar-refractivity contribution in [3.8, 4) is 0 Å². The highest BCUT2D eigenvalue weighted by molar-refractivity contribution is 5.93. The molecule has 1 aliphatic heterocycles. The van der Waals surface area contributed by atoms with Crippen molar-refractivity contribution >= 4 is 28.2 Å². The lowest BCUT2D eigenvalue weighted by Crippen LogP contribution is -2.40. The summed E-state index contributed by atoms with van der Waals surface area (Å²) in [6.07, 6.45) is 3.56. The summed E-state index contributed by atoms with van der Waals surface area (Å²) >= 11 is 0. The number of rotatable bonds is 5. The number of pyridine rings is 1. The van der Waals surface area contributed by atoms with Gasteiger partial charge in [-0.15, -0.1) is 0 Å². The average Bonchev–Trinajstić information content (AvgIpc) is 2.61.